The summed E-state index contributed by atoms with van der Waals surface area (Å²) in [6, 6.07) is 8.97. The second-order valence-electron chi connectivity index (χ2n) is 6.47. The number of pyridine rings is 1. The summed E-state index contributed by atoms with van der Waals surface area (Å²) in [5, 5.41) is 0. The highest BCUT2D eigenvalue weighted by molar-refractivity contribution is 9.10. The van der Waals surface area contributed by atoms with E-state index in [1.807, 2.05) is 31.2 Å². The van der Waals surface area contributed by atoms with Crippen LogP contribution >= 0.6 is 15.9 Å². The van der Waals surface area contributed by atoms with Crippen molar-refractivity contribution in [2.45, 2.75) is 46.6 Å². The predicted molar refractivity (Wildman–Crippen MR) is 114 cm³/mol. The highest BCUT2D eigenvalue weighted by atomic mass is 79.9. The first kappa shape index (κ1) is 22.9. The molecule has 0 N–H and O–H groups in total. The van der Waals surface area contributed by atoms with Crippen LogP contribution in [0.15, 0.2) is 39.6 Å². The molecule has 0 amide bonds. The maximum Gasteiger partial charge on any atom is 0.343 e. The molecular weight excluding hydrogens is 438 g/mol. The van der Waals surface area contributed by atoms with Crippen LogP contribution in [-0.4, -0.2) is 29.7 Å². The second-order valence-corrected chi connectivity index (χ2v) is 7.39. The molecule has 0 spiro atoms. The van der Waals surface area contributed by atoms with Crippen molar-refractivity contribution in [2.75, 3.05) is 13.2 Å². The summed E-state index contributed by atoms with van der Waals surface area (Å²) in [6.07, 6.45) is 1.97. The van der Waals surface area contributed by atoms with Gasteiger partial charge < -0.3 is 14.0 Å². The fourth-order valence-electron chi connectivity index (χ4n) is 2.98. The lowest BCUT2D eigenvalue weighted by Gasteiger charge is -2.18. The summed E-state index contributed by atoms with van der Waals surface area (Å²) in [4.78, 5) is 38.1. The van der Waals surface area contributed by atoms with Gasteiger partial charge in [0.15, 0.2) is 0 Å². The van der Waals surface area contributed by atoms with E-state index in [4.69, 9.17) is 9.47 Å². The van der Waals surface area contributed by atoms with Gasteiger partial charge in [0.2, 0.25) is 0 Å². The van der Waals surface area contributed by atoms with Crippen molar-refractivity contribution in [2.24, 2.45) is 0 Å². The molecule has 0 radical (unpaired) electrons. The number of benzene rings is 1. The lowest BCUT2D eigenvalue weighted by atomic mass is 10.0. The Balaban J connectivity index is 2.68. The second kappa shape index (κ2) is 11.0. The van der Waals surface area contributed by atoms with Crippen LogP contribution in [-0.2, 0) is 22.4 Å². The van der Waals surface area contributed by atoms with Crippen LogP contribution in [0.25, 0.3) is 0 Å². The van der Waals surface area contributed by atoms with E-state index in [1.54, 1.807) is 13.8 Å². The van der Waals surface area contributed by atoms with Crippen LogP contribution in [0.5, 0.6) is 0 Å². The first-order valence-corrected chi connectivity index (χ1v) is 10.6. The van der Waals surface area contributed by atoms with Crippen molar-refractivity contribution in [3.05, 3.63) is 67.5 Å². The molecular formula is C22H26BrNO5. The minimum Gasteiger partial charge on any atom is -0.462 e. The van der Waals surface area contributed by atoms with Gasteiger partial charge in [0.1, 0.15) is 5.56 Å². The number of hydrogen-bond donors (Lipinski definition) is 0. The minimum absolute atomic E-state index is 0.141. The van der Waals surface area contributed by atoms with Gasteiger partial charge in [-0.1, -0.05) is 41.4 Å². The number of unbranched alkanes of at least 4 members (excludes halogenated alkanes) is 1. The van der Waals surface area contributed by atoms with E-state index in [1.165, 1.54) is 10.6 Å². The van der Waals surface area contributed by atoms with E-state index in [-0.39, 0.29) is 24.3 Å². The molecule has 0 aliphatic heterocycles. The van der Waals surface area contributed by atoms with E-state index in [0.29, 0.717) is 18.7 Å². The van der Waals surface area contributed by atoms with E-state index in [9.17, 15) is 14.4 Å². The fraction of sp³-hybridized carbons (Fsp3) is 0.409. The average Bonchev–Trinajstić information content (AvgIpc) is 2.69. The van der Waals surface area contributed by atoms with Crippen molar-refractivity contribution in [3.8, 4) is 0 Å². The molecule has 29 heavy (non-hydrogen) atoms. The molecule has 0 atom stereocenters. The van der Waals surface area contributed by atoms with Gasteiger partial charge in [-0.2, -0.15) is 0 Å². The molecule has 0 bridgehead atoms. The molecule has 7 heteroatoms. The number of aromatic nitrogens is 1. The molecule has 1 heterocycles. The Bertz CT molecular complexity index is 918. The number of ether oxygens (including phenoxy) is 2. The van der Waals surface area contributed by atoms with Crippen molar-refractivity contribution in [3.63, 3.8) is 0 Å². The molecule has 1 aromatic carbocycles. The third kappa shape index (κ3) is 5.79. The molecule has 0 aliphatic carbocycles. The third-order valence-electron chi connectivity index (χ3n) is 4.41. The van der Waals surface area contributed by atoms with Gasteiger partial charge in [0, 0.05) is 23.1 Å². The summed E-state index contributed by atoms with van der Waals surface area (Å²) in [6.45, 7) is 6.14. The minimum atomic E-state index is -0.733. The standard InChI is InChI=1S/C22H26BrNO5/c1-4-7-12-24-19(13-15-8-10-16(23)11-9-15)17(21(26)28-5-2)14-18(20(24)25)22(27)29-6-3/h8-11,14H,4-7,12-13H2,1-3H3. The Labute approximate surface area is 179 Å². The zero-order valence-electron chi connectivity index (χ0n) is 17.0. The van der Waals surface area contributed by atoms with Gasteiger partial charge in [0.25, 0.3) is 5.56 Å². The topological polar surface area (TPSA) is 74.6 Å². The molecule has 1 aromatic heterocycles. The zero-order valence-corrected chi connectivity index (χ0v) is 18.6. The molecule has 156 valence electrons. The van der Waals surface area contributed by atoms with E-state index in [0.717, 1.165) is 22.9 Å². The Kier molecular flexibility index (Phi) is 8.64. The molecule has 2 aromatic rings. The SMILES string of the molecule is CCCCn1c(Cc2ccc(Br)cc2)c(C(=O)OCC)cc(C(=O)OCC)c1=O. The smallest absolute Gasteiger partial charge is 0.343 e. The maximum absolute atomic E-state index is 13.1. The number of carbonyl (C=O) groups excluding carboxylic acids is 2. The van der Waals surface area contributed by atoms with Crippen LogP contribution in [0.1, 0.15) is 65.6 Å². The zero-order chi connectivity index (χ0) is 21.4. The molecule has 0 unspecified atom stereocenters. The Morgan fingerprint density at radius 3 is 2.10 bits per heavy atom. The van der Waals surface area contributed by atoms with Crippen LogP contribution in [0.4, 0.5) is 0 Å². The predicted octanol–water partition coefficient (Wildman–Crippen LogP) is 4.36. The number of carbonyl (C=O) groups is 2. The molecule has 6 nitrogen and oxygen atoms in total. The summed E-state index contributed by atoms with van der Waals surface area (Å²) >= 11 is 3.41. The molecule has 0 aliphatic rings. The molecule has 2 rings (SSSR count). The summed E-state index contributed by atoms with van der Waals surface area (Å²) in [5.74, 6) is -1.29. The summed E-state index contributed by atoms with van der Waals surface area (Å²) in [7, 11) is 0. The van der Waals surface area contributed by atoms with Crippen molar-refractivity contribution in [1.29, 1.82) is 0 Å². The van der Waals surface area contributed by atoms with Gasteiger partial charge in [-0.3, -0.25) is 4.79 Å². The van der Waals surface area contributed by atoms with Gasteiger partial charge in [-0.05, 0) is 44.0 Å². The van der Waals surface area contributed by atoms with Crippen molar-refractivity contribution in [1.82, 2.24) is 4.57 Å². The first-order valence-electron chi connectivity index (χ1n) is 9.78. The number of rotatable bonds is 9. The Morgan fingerprint density at radius 2 is 1.55 bits per heavy atom. The Morgan fingerprint density at radius 1 is 0.966 bits per heavy atom. The number of nitrogens with zero attached hydrogens (tertiary/aromatic N) is 1. The number of esters is 2. The lowest BCUT2D eigenvalue weighted by Crippen LogP contribution is -2.32. The monoisotopic (exact) mass is 463 g/mol. The lowest BCUT2D eigenvalue weighted by molar-refractivity contribution is 0.0520. The van der Waals surface area contributed by atoms with Crippen LogP contribution in [0.3, 0.4) is 0 Å². The Hall–Kier alpha value is -2.41. The summed E-state index contributed by atoms with van der Waals surface area (Å²) < 4.78 is 12.7. The van der Waals surface area contributed by atoms with Crippen molar-refractivity contribution >= 4 is 27.9 Å². The third-order valence-corrected chi connectivity index (χ3v) is 4.94. The normalized spacial score (nSPS) is 10.6. The van der Waals surface area contributed by atoms with Crippen molar-refractivity contribution < 1.29 is 19.1 Å². The first-order chi connectivity index (χ1) is 13.9. The maximum atomic E-state index is 13.1. The summed E-state index contributed by atoms with van der Waals surface area (Å²) in [5.41, 5.74) is 1.10. The molecule has 0 saturated heterocycles. The van der Waals surface area contributed by atoms with Gasteiger partial charge in [0.05, 0.1) is 18.8 Å². The van der Waals surface area contributed by atoms with Gasteiger partial charge in [-0.25, -0.2) is 9.59 Å². The van der Waals surface area contributed by atoms with E-state index in [2.05, 4.69) is 15.9 Å². The van der Waals surface area contributed by atoms with Crippen LogP contribution < -0.4 is 5.56 Å². The fourth-order valence-corrected chi connectivity index (χ4v) is 3.25. The highest BCUT2D eigenvalue weighted by Crippen LogP contribution is 2.19. The molecule has 0 saturated carbocycles. The molecule has 0 fully saturated rings. The van der Waals surface area contributed by atoms with E-state index < -0.39 is 17.5 Å². The largest absolute Gasteiger partial charge is 0.462 e. The highest BCUT2D eigenvalue weighted by Gasteiger charge is 2.24. The van der Waals surface area contributed by atoms with E-state index >= 15 is 0 Å². The average molecular weight is 464 g/mol. The van der Waals surface area contributed by atoms with Gasteiger partial charge in [-0.15, -0.1) is 0 Å². The number of halogens is 1. The van der Waals surface area contributed by atoms with Gasteiger partial charge >= 0.3 is 11.9 Å². The van der Waals surface area contributed by atoms with Crippen LogP contribution in [0, 0.1) is 0 Å². The quantitative estimate of drug-likeness (QED) is 0.516. The van der Waals surface area contributed by atoms with Crippen LogP contribution in [0.2, 0.25) is 0 Å². The number of hydrogen-bond acceptors (Lipinski definition) is 5.